The number of hydrogen-bond donors (Lipinski definition) is 0. The van der Waals surface area contributed by atoms with E-state index in [0.29, 0.717) is 11.8 Å². The van der Waals surface area contributed by atoms with Crippen molar-refractivity contribution in [1.82, 2.24) is 4.90 Å². The standard InChI is InChI=1S/C23H31N/c1-17(2)15-20-7-11-22(12-8-20)23-13-9-21(10-14-23)16-24(6)19(5)18(3)4/h7-14,17-18H,5,15-16H2,1-4,6H3. The molecule has 24 heavy (non-hydrogen) atoms. The van der Waals surface area contributed by atoms with Crippen LogP contribution in [-0.2, 0) is 13.0 Å². The van der Waals surface area contributed by atoms with Crippen molar-refractivity contribution >= 4 is 0 Å². The summed E-state index contributed by atoms with van der Waals surface area (Å²) >= 11 is 0. The lowest BCUT2D eigenvalue weighted by atomic mass is 9.98. The van der Waals surface area contributed by atoms with Gasteiger partial charge in [0.25, 0.3) is 0 Å². The largest absolute Gasteiger partial charge is 0.374 e. The third kappa shape index (κ3) is 4.99. The van der Waals surface area contributed by atoms with Gasteiger partial charge in [0.1, 0.15) is 0 Å². The first-order valence-electron chi connectivity index (χ1n) is 8.95. The molecule has 128 valence electrons. The lowest BCUT2D eigenvalue weighted by molar-refractivity contribution is 0.370. The van der Waals surface area contributed by atoms with E-state index >= 15 is 0 Å². The quantitative estimate of drug-likeness (QED) is 0.591. The maximum absolute atomic E-state index is 4.17. The van der Waals surface area contributed by atoms with Crippen LogP contribution in [-0.4, -0.2) is 11.9 Å². The highest BCUT2D eigenvalue weighted by molar-refractivity contribution is 5.64. The lowest BCUT2D eigenvalue weighted by Crippen LogP contribution is -2.19. The van der Waals surface area contributed by atoms with Gasteiger partial charge >= 0.3 is 0 Å². The average molecular weight is 322 g/mol. The molecular formula is C23H31N. The molecule has 0 amide bonds. The zero-order valence-corrected chi connectivity index (χ0v) is 15.8. The summed E-state index contributed by atoms with van der Waals surface area (Å²) in [6, 6.07) is 17.9. The van der Waals surface area contributed by atoms with Crippen molar-refractivity contribution < 1.29 is 0 Å². The summed E-state index contributed by atoms with van der Waals surface area (Å²) in [4.78, 5) is 2.24. The van der Waals surface area contributed by atoms with Gasteiger partial charge in [0.05, 0.1) is 0 Å². The van der Waals surface area contributed by atoms with Crippen molar-refractivity contribution in [1.29, 1.82) is 0 Å². The van der Waals surface area contributed by atoms with Crippen LogP contribution in [0.3, 0.4) is 0 Å². The summed E-state index contributed by atoms with van der Waals surface area (Å²) in [7, 11) is 2.11. The fourth-order valence-corrected chi connectivity index (χ4v) is 2.92. The molecule has 1 heteroatoms. The number of benzene rings is 2. The summed E-state index contributed by atoms with van der Waals surface area (Å²) in [5.41, 5.74) is 6.48. The summed E-state index contributed by atoms with van der Waals surface area (Å²) in [6.07, 6.45) is 1.14. The molecule has 0 aliphatic rings. The molecule has 0 spiro atoms. The topological polar surface area (TPSA) is 3.24 Å². The van der Waals surface area contributed by atoms with Gasteiger partial charge in [0, 0.05) is 19.3 Å². The summed E-state index contributed by atoms with van der Waals surface area (Å²) in [6.45, 7) is 14.0. The minimum absolute atomic E-state index is 0.485. The maximum Gasteiger partial charge on any atom is 0.0423 e. The smallest absolute Gasteiger partial charge is 0.0423 e. The number of hydrogen-bond acceptors (Lipinski definition) is 1. The second-order valence-electron chi connectivity index (χ2n) is 7.49. The van der Waals surface area contributed by atoms with E-state index in [4.69, 9.17) is 0 Å². The molecule has 0 saturated carbocycles. The van der Waals surface area contributed by atoms with Crippen LogP contribution in [0.1, 0.15) is 38.8 Å². The maximum atomic E-state index is 4.17. The summed E-state index contributed by atoms with van der Waals surface area (Å²) in [5, 5.41) is 0. The molecule has 2 aromatic rings. The van der Waals surface area contributed by atoms with Gasteiger partial charge in [0.15, 0.2) is 0 Å². The molecule has 0 aliphatic heterocycles. The first kappa shape index (κ1) is 18.3. The second kappa shape index (κ2) is 8.19. The van der Waals surface area contributed by atoms with Crippen LogP contribution in [0.4, 0.5) is 0 Å². The molecular weight excluding hydrogens is 290 g/mol. The number of allylic oxidation sites excluding steroid dienone is 1. The third-order valence-electron chi connectivity index (χ3n) is 4.46. The molecule has 0 N–H and O–H groups in total. The Morgan fingerprint density at radius 1 is 0.833 bits per heavy atom. The van der Waals surface area contributed by atoms with Crippen molar-refractivity contribution in [3.63, 3.8) is 0 Å². The molecule has 0 heterocycles. The van der Waals surface area contributed by atoms with E-state index in [-0.39, 0.29) is 0 Å². The van der Waals surface area contributed by atoms with Crippen LogP contribution in [0.2, 0.25) is 0 Å². The highest BCUT2D eigenvalue weighted by atomic mass is 15.1. The SMILES string of the molecule is C=C(C(C)C)N(C)Cc1ccc(-c2ccc(CC(C)C)cc2)cc1. The zero-order chi connectivity index (χ0) is 17.7. The van der Waals surface area contributed by atoms with Crippen molar-refractivity contribution in [2.24, 2.45) is 11.8 Å². The van der Waals surface area contributed by atoms with Crippen LogP contribution < -0.4 is 0 Å². The van der Waals surface area contributed by atoms with E-state index in [0.717, 1.165) is 13.0 Å². The normalized spacial score (nSPS) is 11.1. The molecule has 0 bridgehead atoms. The molecule has 2 aromatic carbocycles. The Hall–Kier alpha value is -2.02. The highest BCUT2D eigenvalue weighted by Gasteiger charge is 2.07. The van der Waals surface area contributed by atoms with Crippen molar-refractivity contribution in [3.05, 3.63) is 71.9 Å². The molecule has 0 radical (unpaired) electrons. The van der Waals surface area contributed by atoms with E-state index in [1.54, 1.807) is 0 Å². The Bertz CT molecular complexity index is 647. The van der Waals surface area contributed by atoms with Crippen molar-refractivity contribution in [2.45, 2.75) is 40.7 Å². The van der Waals surface area contributed by atoms with Crippen molar-refractivity contribution in [3.8, 4) is 11.1 Å². The highest BCUT2D eigenvalue weighted by Crippen LogP contribution is 2.22. The average Bonchev–Trinajstić information content (AvgIpc) is 2.55. The van der Waals surface area contributed by atoms with E-state index in [2.05, 4.69) is 94.8 Å². The van der Waals surface area contributed by atoms with Crippen LogP contribution in [0.15, 0.2) is 60.8 Å². The van der Waals surface area contributed by atoms with Gasteiger partial charge in [-0.15, -0.1) is 0 Å². The molecule has 0 atom stereocenters. The minimum atomic E-state index is 0.485. The lowest BCUT2D eigenvalue weighted by Gasteiger charge is -2.24. The fourth-order valence-electron chi connectivity index (χ4n) is 2.92. The summed E-state index contributed by atoms with van der Waals surface area (Å²) in [5.74, 6) is 1.19. The zero-order valence-electron chi connectivity index (χ0n) is 15.8. The van der Waals surface area contributed by atoms with Gasteiger partial charge in [-0.25, -0.2) is 0 Å². The predicted molar refractivity (Wildman–Crippen MR) is 106 cm³/mol. The van der Waals surface area contributed by atoms with Gasteiger partial charge < -0.3 is 4.90 Å². The predicted octanol–water partition coefficient (Wildman–Crippen LogP) is 6.15. The molecule has 0 aromatic heterocycles. The van der Waals surface area contributed by atoms with Crippen LogP contribution in [0, 0.1) is 11.8 Å². The van der Waals surface area contributed by atoms with Gasteiger partial charge in [-0.05, 0) is 40.5 Å². The Morgan fingerprint density at radius 3 is 1.71 bits per heavy atom. The van der Waals surface area contributed by atoms with Crippen LogP contribution in [0.25, 0.3) is 11.1 Å². The molecule has 0 fully saturated rings. The van der Waals surface area contributed by atoms with Gasteiger partial charge in [-0.2, -0.15) is 0 Å². The van der Waals surface area contributed by atoms with E-state index < -0.39 is 0 Å². The molecule has 0 saturated heterocycles. The Kier molecular flexibility index (Phi) is 6.25. The van der Waals surface area contributed by atoms with Crippen LogP contribution in [0.5, 0.6) is 0 Å². The summed E-state index contributed by atoms with van der Waals surface area (Å²) < 4.78 is 0. The Balaban J connectivity index is 2.05. The van der Waals surface area contributed by atoms with E-state index in [1.165, 1.54) is 28.0 Å². The molecule has 1 nitrogen and oxygen atoms in total. The number of rotatable bonds is 7. The van der Waals surface area contributed by atoms with E-state index in [1.807, 2.05) is 0 Å². The molecule has 2 rings (SSSR count). The Morgan fingerprint density at radius 2 is 1.29 bits per heavy atom. The third-order valence-corrected chi connectivity index (χ3v) is 4.46. The minimum Gasteiger partial charge on any atom is -0.374 e. The van der Waals surface area contributed by atoms with Gasteiger partial charge in [-0.3, -0.25) is 0 Å². The monoisotopic (exact) mass is 321 g/mol. The van der Waals surface area contributed by atoms with Crippen LogP contribution >= 0.6 is 0 Å². The number of nitrogens with zero attached hydrogens (tertiary/aromatic N) is 1. The molecule has 0 aliphatic carbocycles. The van der Waals surface area contributed by atoms with Crippen molar-refractivity contribution in [2.75, 3.05) is 7.05 Å². The van der Waals surface area contributed by atoms with Gasteiger partial charge in [0.2, 0.25) is 0 Å². The first-order chi connectivity index (χ1) is 11.4. The second-order valence-corrected chi connectivity index (χ2v) is 7.49. The van der Waals surface area contributed by atoms with Gasteiger partial charge in [-0.1, -0.05) is 82.8 Å². The first-order valence-corrected chi connectivity index (χ1v) is 8.95. The Labute approximate surface area is 148 Å². The molecule has 0 unspecified atom stereocenters. The van der Waals surface area contributed by atoms with E-state index in [9.17, 15) is 0 Å². The fraction of sp³-hybridized carbons (Fsp3) is 0.391.